The Hall–Kier alpha value is -2.07. The fraction of sp³-hybridized carbons (Fsp3) is 0.520. The number of rotatable bonds is 8. The Labute approximate surface area is 216 Å². The lowest BCUT2D eigenvalue weighted by molar-refractivity contribution is 0.239. The maximum absolute atomic E-state index is 5.98. The number of anilines is 1. The fourth-order valence-corrected chi connectivity index (χ4v) is 3.76. The number of aromatic nitrogens is 1. The molecule has 33 heavy (non-hydrogen) atoms. The van der Waals surface area contributed by atoms with Gasteiger partial charge < -0.3 is 25.2 Å². The van der Waals surface area contributed by atoms with E-state index in [4.69, 9.17) is 4.74 Å². The Bertz CT molecular complexity index is 879. The van der Waals surface area contributed by atoms with Crippen LogP contribution in [0, 0.1) is 6.92 Å². The van der Waals surface area contributed by atoms with E-state index in [9.17, 15) is 0 Å². The van der Waals surface area contributed by atoms with Gasteiger partial charge in [0, 0.05) is 58.1 Å². The summed E-state index contributed by atoms with van der Waals surface area (Å²) in [5.74, 6) is 2.73. The van der Waals surface area contributed by atoms with Crippen LogP contribution in [-0.2, 0) is 13.1 Å². The van der Waals surface area contributed by atoms with E-state index in [2.05, 4.69) is 74.6 Å². The molecule has 1 saturated heterocycles. The van der Waals surface area contributed by atoms with Crippen LogP contribution in [0.25, 0.3) is 0 Å². The maximum atomic E-state index is 5.98. The Morgan fingerprint density at radius 3 is 2.42 bits per heavy atom. The van der Waals surface area contributed by atoms with Crippen LogP contribution in [-0.4, -0.2) is 61.7 Å². The molecule has 0 aliphatic carbocycles. The van der Waals surface area contributed by atoms with Crippen LogP contribution in [0.2, 0.25) is 0 Å². The van der Waals surface area contributed by atoms with E-state index in [1.54, 1.807) is 7.05 Å². The zero-order valence-corrected chi connectivity index (χ0v) is 22.9. The number of aryl methyl sites for hydroxylation is 1. The molecule has 0 unspecified atom stereocenters. The first kappa shape index (κ1) is 27.2. The van der Waals surface area contributed by atoms with Gasteiger partial charge in [-0.3, -0.25) is 4.99 Å². The average Bonchev–Trinajstić information content (AvgIpc) is 2.80. The van der Waals surface area contributed by atoms with Gasteiger partial charge in [-0.2, -0.15) is 0 Å². The minimum atomic E-state index is 0. The van der Waals surface area contributed by atoms with Crippen molar-refractivity contribution in [1.82, 2.24) is 20.5 Å². The molecule has 8 heteroatoms. The Morgan fingerprint density at radius 1 is 1.09 bits per heavy atom. The summed E-state index contributed by atoms with van der Waals surface area (Å²) in [4.78, 5) is 13.9. The molecular weight excluding hydrogens is 527 g/mol. The zero-order chi connectivity index (χ0) is 22.9. The van der Waals surface area contributed by atoms with Crippen LogP contribution in [0.3, 0.4) is 0 Å². The third-order valence-electron chi connectivity index (χ3n) is 5.67. The molecule has 0 atom stereocenters. The molecule has 182 valence electrons. The Balaban J connectivity index is 0.00000385. The monoisotopic (exact) mass is 566 g/mol. The number of nitrogens with zero attached hydrogens (tertiary/aromatic N) is 4. The summed E-state index contributed by atoms with van der Waals surface area (Å²) < 4.78 is 5.98. The first-order valence-corrected chi connectivity index (χ1v) is 11.6. The summed E-state index contributed by atoms with van der Waals surface area (Å²) in [5, 5.41) is 6.77. The van der Waals surface area contributed by atoms with E-state index < -0.39 is 0 Å². The van der Waals surface area contributed by atoms with Gasteiger partial charge >= 0.3 is 0 Å². The van der Waals surface area contributed by atoms with Gasteiger partial charge in [0.1, 0.15) is 11.6 Å². The minimum Gasteiger partial charge on any atom is -0.491 e. The molecule has 7 nitrogen and oxygen atoms in total. The number of aliphatic imine (C=N–C) groups is 1. The molecule has 1 aromatic heterocycles. The number of piperazine rings is 1. The molecule has 0 radical (unpaired) electrons. The molecule has 0 bridgehead atoms. The van der Waals surface area contributed by atoms with Gasteiger partial charge in [-0.05, 0) is 50.6 Å². The summed E-state index contributed by atoms with van der Waals surface area (Å²) in [6.07, 6.45) is 2.09. The highest BCUT2D eigenvalue weighted by Crippen LogP contribution is 2.21. The smallest absolute Gasteiger partial charge is 0.191 e. The summed E-state index contributed by atoms with van der Waals surface area (Å²) in [7, 11) is 1.79. The Kier molecular flexibility index (Phi) is 11.2. The van der Waals surface area contributed by atoms with Crippen LogP contribution in [0.1, 0.15) is 37.5 Å². The molecule has 0 amide bonds. The van der Waals surface area contributed by atoms with Crippen LogP contribution in [0.5, 0.6) is 5.75 Å². The summed E-state index contributed by atoms with van der Waals surface area (Å²) in [6.45, 7) is 15.1. The molecule has 0 saturated carbocycles. The van der Waals surface area contributed by atoms with Crippen molar-refractivity contribution in [2.75, 3.05) is 44.7 Å². The Morgan fingerprint density at radius 2 is 1.82 bits per heavy atom. The topological polar surface area (TPSA) is 65.0 Å². The number of nitrogens with one attached hydrogen (secondary N) is 2. The quantitative estimate of drug-likeness (QED) is 0.288. The number of benzene rings is 1. The van der Waals surface area contributed by atoms with Crippen molar-refractivity contribution < 1.29 is 4.74 Å². The third-order valence-corrected chi connectivity index (χ3v) is 5.67. The van der Waals surface area contributed by atoms with Crippen LogP contribution >= 0.6 is 24.0 Å². The van der Waals surface area contributed by atoms with Gasteiger partial charge in [0.2, 0.25) is 0 Å². The molecule has 0 spiro atoms. The lowest BCUT2D eigenvalue weighted by atomic mass is 10.1. The number of guanidine groups is 1. The fourth-order valence-electron chi connectivity index (χ4n) is 3.76. The standard InChI is InChI=1S/C25H38N6O.HI/c1-6-30-11-13-31(14-12-30)24-10-8-21(16-27-24)17-28-25(26-5)29-18-22-9-7-20(4)15-23(22)32-19(2)3;/h7-10,15-16,19H,6,11-14,17-18H2,1-5H3,(H2,26,28,29);1H. The molecule has 2 aromatic rings. The summed E-state index contributed by atoms with van der Waals surface area (Å²) in [5.41, 5.74) is 3.43. The summed E-state index contributed by atoms with van der Waals surface area (Å²) in [6, 6.07) is 10.6. The first-order valence-electron chi connectivity index (χ1n) is 11.6. The number of halogens is 1. The molecule has 1 aromatic carbocycles. The van der Waals surface area contributed by atoms with E-state index in [1.165, 1.54) is 5.56 Å². The number of pyridine rings is 1. The van der Waals surface area contributed by atoms with E-state index in [-0.39, 0.29) is 30.1 Å². The average molecular weight is 567 g/mol. The maximum Gasteiger partial charge on any atom is 0.191 e. The second kappa shape index (κ2) is 13.6. The molecule has 2 heterocycles. The van der Waals surface area contributed by atoms with Gasteiger partial charge in [-0.1, -0.05) is 25.1 Å². The van der Waals surface area contributed by atoms with Crippen molar-refractivity contribution in [1.29, 1.82) is 0 Å². The van der Waals surface area contributed by atoms with Crippen LogP contribution in [0.4, 0.5) is 5.82 Å². The van der Waals surface area contributed by atoms with Crippen molar-refractivity contribution in [3.8, 4) is 5.75 Å². The normalized spacial score (nSPS) is 14.7. The predicted octanol–water partition coefficient (Wildman–Crippen LogP) is 3.80. The van der Waals surface area contributed by atoms with Crippen molar-refractivity contribution in [2.24, 2.45) is 4.99 Å². The first-order chi connectivity index (χ1) is 15.5. The van der Waals surface area contributed by atoms with Crippen LogP contribution < -0.4 is 20.3 Å². The van der Waals surface area contributed by atoms with E-state index in [1.807, 2.05) is 20.0 Å². The highest BCUT2D eigenvalue weighted by atomic mass is 127. The number of likely N-dealkylation sites (N-methyl/N-ethyl adjacent to an activating group) is 1. The molecule has 2 N–H and O–H groups in total. The van der Waals surface area contributed by atoms with Crippen molar-refractivity contribution >= 4 is 35.8 Å². The highest BCUT2D eigenvalue weighted by Gasteiger charge is 2.16. The second-order valence-corrected chi connectivity index (χ2v) is 8.50. The molecule has 3 rings (SSSR count). The van der Waals surface area contributed by atoms with Gasteiger partial charge in [0.15, 0.2) is 5.96 Å². The predicted molar refractivity (Wildman–Crippen MR) is 148 cm³/mol. The van der Waals surface area contributed by atoms with E-state index in [0.717, 1.165) is 61.4 Å². The molecular formula is C25H39IN6O. The summed E-state index contributed by atoms with van der Waals surface area (Å²) >= 11 is 0. The minimum absolute atomic E-state index is 0. The molecule has 1 aliphatic heterocycles. The lowest BCUT2D eigenvalue weighted by Crippen LogP contribution is -2.46. The third kappa shape index (κ3) is 8.33. The van der Waals surface area contributed by atoms with E-state index in [0.29, 0.717) is 13.1 Å². The van der Waals surface area contributed by atoms with E-state index >= 15 is 0 Å². The van der Waals surface area contributed by atoms with Gasteiger partial charge in [-0.15, -0.1) is 24.0 Å². The van der Waals surface area contributed by atoms with Crippen LogP contribution in [0.15, 0.2) is 41.5 Å². The van der Waals surface area contributed by atoms with Gasteiger partial charge in [0.25, 0.3) is 0 Å². The lowest BCUT2D eigenvalue weighted by Gasteiger charge is -2.34. The molecule has 1 aliphatic rings. The zero-order valence-electron chi connectivity index (χ0n) is 20.6. The van der Waals surface area contributed by atoms with Gasteiger partial charge in [-0.25, -0.2) is 4.98 Å². The van der Waals surface area contributed by atoms with Crippen molar-refractivity contribution in [3.05, 3.63) is 53.2 Å². The van der Waals surface area contributed by atoms with Crippen molar-refractivity contribution in [2.45, 2.75) is 46.9 Å². The second-order valence-electron chi connectivity index (χ2n) is 8.50. The molecule has 1 fully saturated rings. The van der Waals surface area contributed by atoms with Crippen molar-refractivity contribution in [3.63, 3.8) is 0 Å². The SMILES string of the molecule is CCN1CCN(c2ccc(CNC(=NC)NCc3ccc(C)cc3OC(C)C)cn2)CC1.I. The number of ether oxygens (including phenoxy) is 1. The largest absolute Gasteiger partial charge is 0.491 e. The number of hydrogen-bond acceptors (Lipinski definition) is 5. The number of hydrogen-bond donors (Lipinski definition) is 2. The van der Waals surface area contributed by atoms with Gasteiger partial charge in [0.05, 0.1) is 6.10 Å². The highest BCUT2D eigenvalue weighted by molar-refractivity contribution is 14.0.